The molecule has 1 aliphatic heterocycles. The minimum absolute atomic E-state index is 0.0389. The molecule has 0 aliphatic carbocycles. The van der Waals surface area contributed by atoms with E-state index in [0.717, 1.165) is 24.5 Å². The predicted molar refractivity (Wildman–Crippen MR) is 131 cm³/mol. The van der Waals surface area contributed by atoms with Crippen molar-refractivity contribution in [3.8, 4) is 0 Å². The van der Waals surface area contributed by atoms with Gasteiger partial charge in [-0.05, 0) is 22.8 Å². The van der Waals surface area contributed by atoms with Crippen LogP contribution in [-0.2, 0) is 36.9 Å². The summed E-state index contributed by atoms with van der Waals surface area (Å²) in [6.45, 7) is 4.19. The van der Waals surface area contributed by atoms with Crippen LogP contribution in [0.5, 0.6) is 0 Å². The van der Waals surface area contributed by atoms with Crippen LogP contribution in [0.4, 0.5) is 5.82 Å². The highest BCUT2D eigenvalue weighted by atomic mass is 16.6. The van der Waals surface area contributed by atoms with Crippen molar-refractivity contribution >= 4 is 17.8 Å². The highest BCUT2D eigenvalue weighted by Gasteiger charge is 2.39. The van der Waals surface area contributed by atoms with Crippen LogP contribution in [0.15, 0.2) is 79.0 Å². The molecular weight excluding hydrogens is 444 g/mol. The van der Waals surface area contributed by atoms with E-state index in [1.807, 2.05) is 54.7 Å². The number of anilines is 1. The maximum absolute atomic E-state index is 11.5. The molecule has 7 nitrogen and oxygen atoms in total. The smallest absolute Gasteiger partial charge is 0.302 e. The van der Waals surface area contributed by atoms with E-state index in [1.54, 1.807) is 0 Å². The quantitative estimate of drug-likeness (QED) is 0.419. The number of carbonyl (C=O) groups is 2. The van der Waals surface area contributed by atoms with Crippen LogP contribution in [0.2, 0.25) is 0 Å². The third kappa shape index (κ3) is 6.90. The second-order valence-electron chi connectivity index (χ2n) is 8.63. The topological polar surface area (TPSA) is 78.0 Å². The number of rotatable bonds is 9. The molecule has 1 saturated heterocycles. The van der Waals surface area contributed by atoms with E-state index in [0.29, 0.717) is 6.42 Å². The standard InChI is InChI=1S/C28H30N2O5/c1-20(31)33-19-27-26(34-21(2)32)15-25(35-27)24-13-14-28(29-16-24)30(17-22-9-5-3-6-10-22)18-23-11-7-4-8-12-23/h3-14,16,25-27H,15,17-19H2,1-2H3/t25-,26-,27+/m0/s1. The van der Waals surface area contributed by atoms with Gasteiger partial charge < -0.3 is 19.1 Å². The molecule has 0 spiro atoms. The molecule has 1 aliphatic rings. The Hall–Kier alpha value is -3.71. The molecule has 0 amide bonds. The first kappa shape index (κ1) is 24.4. The first-order valence-electron chi connectivity index (χ1n) is 11.7. The Labute approximate surface area is 205 Å². The van der Waals surface area contributed by atoms with Crippen LogP contribution in [0, 0.1) is 0 Å². The Balaban J connectivity index is 1.50. The van der Waals surface area contributed by atoms with Crippen molar-refractivity contribution in [2.75, 3.05) is 11.5 Å². The summed E-state index contributed by atoms with van der Waals surface area (Å²) in [7, 11) is 0. The molecule has 1 aromatic heterocycles. The molecule has 182 valence electrons. The van der Waals surface area contributed by atoms with Gasteiger partial charge in [0.25, 0.3) is 0 Å². The minimum Gasteiger partial charge on any atom is -0.463 e. The lowest BCUT2D eigenvalue weighted by atomic mass is 10.1. The lowest BCUT2D eigenvalue weighted by Gasteiger charge is -2.24. The third-order valence-corrected chi connectivity index (χ3v) is 5.87. The first-order chi connectivity index (χ1) is 17.0. The number of carbonyl (C=O) groups excluding carboxylic acids is 2. The van der Waals surface area contributed by atoms with Crippen LogP contribution in [0.1, 0.15) is 43.1 Å². The Bertz CT molecular complexity index is 1060. The van der Waals surface area contributed by atoms with E-state index in [9.17, 15) is 9.59 Å². The van der Waals surface area contributed by atoms with Crippen molar-refractivity contribution in [3.63, 3.8) is 0 Å². The van der Waals surface area contributed by atoms with Gasteiger partial charge in [-0.2, -0.15) is 0 Å². The fourth-order valence-electron chi connectivity index (χ4n) is 4.22. The minimum atomic E-state index is -0.514. The van der Waals surface area contributed by atoms with Crippen molar-refractivity contribution in [2.24, 2.45) is 0 Å². The number of esters is 2. The van der Waals surface area contributed by atoms with E-state index in [1.165, 1.54) is 25.0 Å². The zero-order chi connectivity index (χ0) is 24.6. The Kier molecular flexibility index (Phi) is 8.11. The van der Waals surface area contributed by atoms with E-state index >= 15 is 0 Å². The molecule has 3 atom stereocenters. The van der Waals surface area contributed by atoms with Crippen molar-refractivity contribution in [1.29, 1.82) is 0 Å². The predicted octanol–water partition coefficient (Wildman–Crippen LogP) is 4.61. The molecule has 3 aromatic rings. The second kappa shape index (κ2) is 11.6. The number of hydrogen-bond donors (Lipinski definition) is 0. The molecule has 35 heavy (non-hydrogen) atoms. The summed E-state index contributed by atoms with van der Waals surface area (Å²) in [4.78, 5) is 29.8. The zero-order valence-electron chi connectivity index (χ0n) is 20.0. The Morgan fingerprint density at radius 3 is 2.06 bits per heavy atom. The van der Waals surface area contributed by atoms with Gasteiger partial charge in [0.15, 0.2) is 0 Å². The number of hydrogen-bond acceptors (Lipinski definition) is 7. The molecule has 1 fully saturated rings. The van der Waals surface area contributed by atoms with E-state index < -0.39 is 24.1 Å². The molecule has 0 radical (unpaired) electrons. The molecule has 4 rings (SSSR count). The van der Waals surface area contributed by atoms with Gasteiger partial charge in [-0.25, -0.2) is 4.98 Å². The van der Waals surface area contributed by atoms with Crippen molar-refractivity contribution < 1.29 is 23.8 Å². The fraction of sp³-hybridized carbons (Fsp3) is 0.321. The summed E-state index contributed by atoms with van der Waals surface area (Å²) in [6.07, 6.45) is 0.981. The summed E-state index contributed by atoms with van der Waals surface area (Å²) < 4.78 is 16.6. The van der Waals surface area contributed by atoms with Gasteiger partial charge in [0.2, 0.25) is 0 Å². The Morgan fingerprint density at radius 2 is 1.54 bits per heavy atom. The van der Waals surface area contributed by atoms with Crippen LogP contribution < -0.4 is 4.90 Å². The lowest BCUT2D eigenvalue weighted by molar-refractivity contribution is -0.154. The van der Waals surface area contributed by atoms with Gasteiger partial charge in [0, 0.05) is 39.6 Å². The summed E-state index contributed by atoms with van der Waals surface area (Å²) >= 11 is 0. The van der Waals surface area contributed by atoms with E-state index in [2.05, 4.69) is 29.2 Å². The van der Waals surface area contributed by atoms with Crippen molar-refractivity contribution in [3.05, 3.63) is 95.7 Å². The third-order valence-electron chi connectivity index (χ3n) is 5.87. The molecule has 0 N–H and O–H groups in total. The van der Waals surface area contributed by atoms with Gasteiger partial charge in [-0.15, -0.1) is 0 Å². The zero-order valence-corrected chi connectivity index (χ0v) is 20.0. The number of benzene rings is 2. The molecule has 0 saturated carbocycles. The summed E-state index contributed by atoms with van der Waals surface area (Å²) in [5.41, 5.74) is 3.28. The highest BCUT2D eigenvalue weighted by Crippen LogP contribution is 2.35. The SMILES string of the molecule is CC(=O)OC[C@H]1O[C@H](c2ccc(N(Cc3ccccc3)Cc3ccccc3)nc2)C[C@@H]1OC(C)=O. The second-order valence-corrected chi connectivity index (χ2v) is 8.63. The van der Waals surface area contributed by atoms with Gasteiger partial charge in [0.05, 0.1) is 6.10 Å². The number of ether oxygens (including phenoxy) is 3. The lowest BCUT2D eigenvalue weighted by Crippen LogP contribution is -2.31. The molecular formula is C28H30N2O5. The maximum atomic E-state index is 11.5. The average Bonchev–Trinajstić information content (AvgIpc) is 3.25. The maximum Gasteiger partial charge on any atom is 0.302 e. The molecule has 0 unspecified atom stereocenters. The summed E-state index contributed by atoms with van der Waals surface area (Å²) in [5, 5.41) is 0. The molecule has 7 heteroatoms. The van der Waals surface area contributed by atoms with Crippen LogP contribution in [-0.4, -0.2) is 35.7 Å². The van der Waals surface area contributed by atoms with Gasteiger partial charge in [-0.1, -0.05) is 66.7 Å². The van der Waals surface area contributed by atoms with Crippen molar-refractivity contribution in [1.82, 2.24) is 4.98 Å². The average molecular weight is 475 g/mol. The number of aromatic nitrogens is 1. The molecule has 2 heterocycles. The molecule has 0 bridgehead atoms. The highest BCUT2D eigenvalue weighted by molar-refractivity contribution is 5.66. The summed E-state index contributed by atoms with van der Waals surface area (Å²) in [6, 6.07) is 24.6. The largest absolute Gasteiger partial charge is 0.463 e. The van der Waals surface area contributed by atoms with Gasteiger partial charge in [-0.3, -0.25) is 9.59 Å². The fourth-order valence-corrected chi connectivity index (χ4v) is 4.22. The monoisotopic (exact) mass is 474 g/mol. The van der Waals surface area contributed by atoms with Gasteiger partial charge in [0.1, 0.15) is 24.6 Å². The van der Waals surface area contributed by atoms with E-state index in [4.69, 9.17) is 19.2 Å². The number of pyridine rings is 1. The first-order valence-corrected chi connectivity index (χ1v) is 11.7. The van der Waals surface area contributed by atoms with Crippen LogP contribution >= 0.6 is 0 Å². The van der Waals surface area contributed by atoms with E-state index in [-0.39, 0.29) is 12.7 Å². The van der Waals surface area contributed by atoms with Gasteiger partial charge >= 0.3 is 11.9 Å². The van der Waals surface area contributed by atoms with Crippen LogP contribution in [0.25, 0.3) is 0 Å². The van der Waals surface area contributed by atoms with Crippen molar-refractivity contribution in [2.45, 2.75) is 51.7 Å². The normalized spacial score (nSPS) is 19.2. The Morgan fingerprint density at radius 1 is 0.914 bits per heavy atom. The summed E-state index contributed by atoms with van der Waals surface area (Å²) in [5.74, 6) is 0.0621. The van der Waals surface area contributed by atoms with Crippen LogP contribution in [0.3, 0.4) is 0 Å². The molecule has 2 aromatic carbocycles. The number of nitrogens with zero attached hydrogens (tertiary/aromatic N) is 2.